The van der Waals surface area contributed by atoms with Crippen LogP contribution in [0.3, 0.4) is 0 Å². The maximum atomic E-state index is 13.1. The zero-order valence-electron chi connectivity index (χ0n) is 16.7. The molecule has 0 saturated carbocycles. The number of aryl methyl sites for hydroxylation is 2. The van der Waals surface area contributed by atoms with Crippen LogP contribution in [0, 0.1) is 6.92 Å². The van der Waals surface area contributed by atoms with Crippen molar-refractivity contribution >= 4 is 11.6 Å². The molecule has 0 fully saturated rings. The minimum atomic E-state index is -0.365. The third kappa shape index (κ3) is 3.41. The Kier molecular flexibility index (Phi) is 4.67. The van der Waals surface area contributed by atoms with E-state index in [1.165, 1.54) is 0 Å². The summed E-state index contributed by atoms with van der Waals surface area (Å²) in [7, 11) is 0. The summed E-state index contributed by atoms with van der Waals surface area (Å²) in [6.45, 7) is 2.55. The summed E-state index contributed by atoms with van der Waals surface area (Å²) < 4.78 is 7.79. The highest BCUT2D eigenvalue weighted by Gasteiger charge is 2.32. The Morgan fingerprint density at radius 1 is 1.10 bits per heavy atom. The van der Waals surface area contributed by atoms with Gasteiger partial charge in [0.2, 0.25) is 5.91 Å². The van der Waals surface area contributed by atoms with Crippen molar-refractivity contribution in [3.8, 4) is 11.5 Å². The van der Waals surface area contributed by atoms with E-state index in [1.54, 1.807) is 4.52 Å². The summed E-state index contributed by atoms with van der Waals surface area (Å²) >= 11 is 0. The van der Waals surface area contributed by atoms with E-state index in [0.29, 0.717) is 6.54 Å². The maximum absolute atomic E-state index is 13.1. The number of rotatable bonds is 5. The molecular formula is C24H22N4O2. The molecule has 0 radical (unpaired) electrons. The normalized spacial score (nSPS) is 12.8. The average molecular weight is 398 g/mol. The number of nitrogens with zero attached hydrogens (tertiary/aromatic N) is 3. The molecule has 2 aromatic carbocycles. The van der Waals surface area contributed by atoms with Gasteiger partial charge in [0.25, 0.3) is 0 Å². The van der Waals surface area contributed by atoms with Crippen molar-refractivity contribution in [2.45, 2.75) is 25.7 Å². The molecule has 4 aromatic rings. The summed E-state index contributed by atoms with van der Waals surface area (Å²) in [5.74, 6) is 1.11. The first-order valence-electron chi connectivity index (χ1n) is 10.1. The first-order chi connectivity index (χ1) is 14.7. The lowest BCUT2D eigenvalue weighted by atomic mass is 9.87. The molecule has 1 aliphatic heterocycles. The Balaban J connectivity index is 1.26. The van der Waals surface area contributed by atoms with Crippen LogP contribution in [0.5, 0.6) is 11.5 Å². The van der Waals surface area contributed by atoms with Crippen molar-refractivity contribution in [2.24, 2.45) is 0 Å². The second-order valence-electron chi connectivity index (χ2n) is 7.56. The highest BCUT2D eigenvalue weighted by Crippen LogP contribution is 2.43. The predicted octanol–water partition coefficient (Wildman–Crippen LogP) is 4.02. The fourth-order valence-corrected chi connectivity index (χ4v) is 3.96. The molecular weight excluding hydrogens is 376 g/mol. The van der Waals surface area contributed by atoms with Gasteiger partial charge in [-0.15, -0.1) is 0 Å². The number of carbonyl (C=O) groups excluding carboxylic acids is 1. The predicted molar refractivity (Wildman–Crippen MR) is 114 cm³/mol. The van der Waals surface area contributed by atoms with Gasteiger partial charge in [-0.3, -0.25) is 4.79 Å². The van der Waals surface area contributed by atoms with Crippen LogP contribution in [0.15, 0.2) is 67.0 Å². The fraction of sp³-hybridized carbons (Fsp3) is 0.208. The molecule has 0 atom stereocenters. The minimum absolute atomic E-state index is 0.00511. The van der Waals surface area contributed by atoms with Crippen molar-refractivity contribution < 1.29 is 9.53 Å². The molecule has 1 N–H and O–H groups in total. The van der Waals surface area contributed by atoms with Gasteiger partial charge in [0.05, 0.1) is 11.6 Å². The van der Waals surface area contributed by atoms with Crippen molar-refractivity contribution in [1.29, 1.82) is 0 Å². The molecule has 150 valence electrons. The molecule has 0 aliphatic carbocycles. The molecule has 1 amide bonds. The Morgan fingerprint density at radius 3 is 2.53 bits per heavy atom. The van der Waals surface area contributed by atoms with E-state index in [-0.39, 0.29) is 11.8 Å². The number of carbonyl (C=O) groups is 1. The number of para-hydroxylation sites is 2. The van der Waals surface area contributed by atoms with Crippen molar-refractivity contribution in [2.75, 3.05) is 6.54 Å². The maximum Gasteiger partial charge on any atom is 0.232 e. The van der Waals surface area contributed by atoms with Gasteiger partial charge in [0.1, 0.15) is 11.5 Å². The zero-order chi connectivity index (χ0) is 20.5. The van der Waals surface area contributed by atoms with E-state index in [4.69, 9.17) is 4.74 Å². The van der Waals surface area contributed by atoms with Crippen molar-refractivity contribution in [3.63, 3.8) is 0 Å². The van der Waals surface area contributed by atoms with E-state index in [9.17, 15) is 4.79 Å². The standard InChI is InChI=1S/C24H22N4O2/c1-16-13-22-26-14-17(15-28(22)27-16)7-6-12-25-24(29)23-18-8-2-4-10-20(18)30-21-11-5-3-9-19(21)23/h2-5,8-11,13-15,23H,6-7,12H2,1H3,(H,25,29). The molecule has 0 spiro atoms. The van der Waals surface area contributed by atoms with Crippen LogP contribution in [0.4, 0.5) is 0 Å². The number of hydrogen-bond acceptors (Lipinski definition) is 4. The highest BCUT2D eigenvalue weighted by molar-refractivity contribution is 5.89. The van der Waals surface area contributed by atoms with Crippen LogP contribution in [0.25, 0.3) is 5.65 Å². The number of hydrogen-bond donors (Lipinski definition) is 1. The molecule has 6 heteroatoms. The van der Waals surface area contributed by atoms with Gasteiger partial charge in [0, 0.05) is 36.1 Å². The molecule has 5 rings (SSSR count). The first kappa shape index (κ1) is 18.4. The second kappa shape index (κ2) is 7.63. The van der Waals surface area contributed by atoms with E-state index in [2.05, 4.69) is 15.4 Å². The Bertz CT molecular complexity index is 1190. The molecule has 0 saturated heterocycles. The Labute approximate surface area is 174 Å². The summed E-state index contributed by atoms with van der Waals surface area (Å²) in [5.41, 5.74) is 4.70. The number of ether oxygens (including phenoxy) is 1. The lowest BCUT2D eigenvalue weighted by Gasteiger charge is -2.27. The van der Waals surface area contributed by atoms with Gasteiger partial charge in [-0.25, -0.2) is 9.50 Å². The third-order valence-corrected chi connectivity index (χ3v) is 5.37. The molecule has 1 aliphatic rings. The van der Waals surface area contributed by atoms with Crippen molar-refractivity contribution in [3.05, 3.63) is 89.4 Å². The SMILES string of the molecule is Cc1cc2ncc(CCCNC(=O)C3c4ccccc4Oc4ccccc43)cn2n1. The minimum Gasteiger partial charge on any atom is -0.457 e. The number of nitrogens with one attached hydrogen (secondary N) is 1. The van der Waals surface area contributed by atoms with Crippen LogP contribution in [-0.2, 0) is 11.2 Å². The van der Waals surface area contributed by atoms with Crippen LogP contribution < -0.4 is 10.1 Å². The van der Waals surface area contributed by atoms with Gasteiger partial charge < -0.3 is 10.1 Å². The second-order valence-corrected chi connectivity index (χ2v) is 7.56. The zero-order valence-corrected chi connectivity index (χ0v) is 16.7. The van der Waals surface area contributed by atoms with E-state index in [1.807, 2.05) is 73.9 Å². The molecule has 30 heavy (non-hydrogen) atoms. The van der Waals surface area contributed by atoms with Gasteiger partial charge >= 0.3 is 0 Å². The number of fused-ring (bicyclic) bond motifs is 3. The Morgan fingerprint density at radius 2 is 1.80 bits per heavy atom. The van der Waals surface area contributed by atoms with Gasteiger partial charge in [-0.05, 0) is 37.5 Å². The first-order valence-corrected chi connectivity index (χ1v) is 10.1. The fourth-order valence-electron chi connectivity index (χ4n) is 3.96. The smallest absolute Gasteiger partial charge is 0.232 e. The highest BCUT2D eigenvalue weighted by atomic mass is 16.5. The topological polar surface area (TPSA) is 68.5 Å². The van der Waals surface area contributed by atoms with E-state index < -0.39 is 0 Å². The van der Waals surface area contributed by atoms with Crippen LogP contribution in [0.2, 0.25) is 0 Å². The van der Waals surface area contributed by atoms with Gasteiger partial charge in [-0.2, -0.15) is 5.10 Å². The molecule has 2 aromatic heterocycles. The Hall–Kier alpha value is -3.67. The summed E-state index contributed by atoms with van der Waals surface area (Å²) in [5, 5.41) is 7.52. The molecule has 0 bridgehead atoms. The van der Waals surface area contributed by atoms with Crippen LogP contribution in [0.1, 0.15) is 34.7 Å². The summed E-state index contributed by atoms with van der Waals surface area (Å²) in [4.78, 5) is 17.6. The summed E-state index contributed by atoms with van der Waals surface area (Å²) in [6, 6.07) is 17.4. The summed E-state index contributed by atoms with van der Waals surface area (Å²) in [6.07, 6.45) is 5.53. The van der Waals surface area contributed by atoms with Crippen LogP contribution in [-0.4, -0.2) is 27.0 Å². The number of benzene rings is 2. The average Bonchev–Trinajstić information content (AvgIpc) is 3.14. The van der Waals surface area contributed by atoms with E-state index in [0.717, 1.165) is 52.4 Å². The number of amides is 1. The van der Waals surface area contributed by atoms with Gasteiger partial charge in [-0.1, -0.05) is 36.4 Å². The van der Waals surface area contributed by atoms with Crippen LogP contribution >= 0.6 is 0 Å². The quantitative estimate of drug-likeness (QED) is 0.516. The molecule has 6 nitrogen and oxygen atoms in total. The van der Waals surface area contributed by atoms with Crippen molar-refractivity contribution in [1.82, 2.24) is 19.9 Å². The third-order valence-electron chi connectivity index (χ3n) is 5.37. The monoisotopic (exact) mass is 398 g/mol. The largest absolute Gasteiger partial charge is 0.457 e. The lowest BCUT2D eigenvalue weighted by molar-refractivity contribution is -0.121. The lowest BCUT2D eigenvalue weighted by Crippen LogP contribution is -2.32. The molecule has 3 heterocycles. The van der Waals surface area contributed by atoms with Gasteiger partial charge in [0.15, 0.2) is 5.65 Å². The number of aromatic nitrogens is 3. The molecule has 0 unspecified atom stereocenters. The van der Waals surface area contributed by atoms with E-state index >= 15 is 0 Å².